The van der Waals surface area contributed by atoms with Crippen LogP contribution in [0.1, 0.15) is 84.0 Å². The second-order valence-corrected chi connectivity index (χ2v) is 10.6. The van der Waals surface area contributed by atoms with Crippen LogP contribution in [-0.4, -0.2) is 33.5 Å². The van der Waals surface area contributed by atoms with Crippen molar-refractivity contribution >= 4 is 13.6 Å². The van der Waals surface area contributed by atoms with Gasteiger partial charge in [0.25, 0.3) is 0 Å². The quantitative estimate of drug-likeness (QED) is 0.166. The fourth-order valence-corrected chi connectivity index (χ4v) is 5.25. The SMILES string of the molecule is CCCCCCCCCCCOc1cccc(-c2ccnc(NC3CCCC3OP(=O)(O)O)c2)c1. The maximum Gasteiger partial charge on any atom is 0.469 e. The van der Waals surface area contributed by atoms with Crippen LogP contribution < -0.4 is 10.1 Å². The molecule has 194 valence electrons. The lowest BCUT2D eigenvalue weighted by Crippen LogP contribution is -2.30. The van der Waals surface area contributed by atoms with Gasteiger partial charge >= 0.3 is 7.82 Å². The van der Waals surface area contributed by atoms with Crippen LogP contribution in [0.4, 0.5) is 5.82 Å². The summed E-state index contributed by atoms with van der Waals surface area (Å²) in [5, 5.41) is 3.30. The van der Waals surface area contributed by atoms with E-state index in [9.17, 15) is 4.57 Å². The van der Waals surface area contributed by atoms with E-state index in [1.54, 1.807) is 6.20 Å². The van der Waals surface area contributed by atoms with Crippen LogP contribution in [0.25, 0.3) is 11.1 Å². The lowest BCUT2D eigenvalue weighted by Gasteiger charge is -2.22. The number of phosphoric acid groups is 1. The third-order valence-corrected chi connectivity index (χ3v) is 7.05. The molecule has 8 heteroatoms. The van der Waals surface area contributed by atoms with Crippen molar-refractivity contribution in [1.82, 2.24) is 4.98 Å². The van der Waals surface area contributed by atoms with Gasteiger partial charge in [-0.3, -0.25) is 4.52 Å². The summed E-state index contributed by atoms with van der Waals surface area (Å²) in [5.41, 5.74) is 2.04. The molecule has 1 aromatic heterocycles. The maximum atomic E-state index is 11.3. The Morgan fingerprint density at radius 3 is 2.43 bits per heavy atom. The number of anilines is 1. The van der Waals surface area contributed by atoms with Gasteiger partial charge < -0.3 is 19.8 Å². The van der Waals surface area contributed by atoms with E-state index in [4.69, 9.17) is 19.0 Å². The standard InChI is InChI=1S/C27H41N2O5P/c1-2-3-4-5-6-7-8-9-10-19-33-24-14-11-13-22(20-24)23-17-18-28-27(21-23)29-25-15-12-16-26(25)34-35(30,31)32/h11,13-14,17-18,20-21,25-26H,2-10,12,15-16,19H2,1H3,(H,28,29)(H2,30,31,32). The number of hydrogen-bond donors (Lipinski definition) is 3. The van der Waals surface area contributed by atoms with Crippen LogP contribution in [0.2, 0.25) is 0 Å². The van der Waals surface area contributed by atoms with Crippen LogP contribution in [0.15, 0.2) is 42.6 Å². The maximum absolute atomic E-state index is 11.3. The van der Waals surface area contributed by atoms with E-state index >= 15 is 0 Å². The number of nitrogens with zero attached hydrogens (tertiary/aromatic N) is 1. The highest BCUT2D eigenvalue weighted by Crippen LogP contribution is 2.42. The van der Waals surface area contributed by atoms with Gasteiger partial charge in [-0.15, -0.1) is 0 Å². The molecular weight excluding hydrogens is 463 g/mol. The second-order valence-electron chi connectivity index (χ2n) is 9.45. The van der Waals surface area contributed by atoms with E-state index in [2.05, 4.69) is 17.2 Å². The van der Waals surface area contributed by atoms with Crippen LogP contribution in [0.5, 0.6) is 5.75 Å². The molecule has 1 aromatic carbocycles. The molecule has 3 rings (SSSR count). The Morgan fingerprint density at radius 2 is 1.69 bits per heavy atom. The lowest BCUT2D eigenvalue weighted by molar-refractivity contribution is 0.130. The Balaban J connectivity index is 1.46. The van der Waals surface area contributed by atoms with Gasteiger partial charge in [0.15, 0.2) is 0 Å². The zero-order chi connectivity index (χ0) is 24.9. The van der Waals surface area contributed by atoms with Crippen molar-refractivity contribution in [3.05, 3.63) is 42.6 Å². The Morgan fingerprint density at radius 1 is 0.971 bits per heavy atom. The minimum Gasteiger partial charge on any atom is -0.494 e. The van der Waals surface area contributed by atoms with Crippen molar-refractivity contribution in [3.63, 3.8) is 0 Å². The summed E-state index contributed by atoms with van der Waals surface area (Å²) in [6.07, 6.45) is 15.1. The minimum absolute atomic E-state index is 0.184. The molecule has 1 aliphatic carbocycles. The molecule has 7 nitrogen and oxygen atoms in total. The number of pyridine rings is 1. The minimum atomic E-state index is -4.52. The largest absolute Gasteiger partial charge is 0.494 e. The van der Waals surface area contributed by atoms with Gasteiger partial charge in [0.2, 0.25) is 0 Å². The molecule has 1 saturated carbocycles. The van der Waals surface area contributed by atoms with Crippen molar-refractivity contribution < 1.29 is 23.6 Å². The predicted octanol–water partition coefficient (Wildman–Crippen LogP) is 7.10. The fraction of sp³-hybridized carbons (Fsp3) is 0.593. The normalized spacial score (nSPS) is 18.0. The smallest absolute Gasteiger partial charge is 0.469 e. The Kier molecular flexibility index (Phi) is 11.5. The molecule has 0 amide bonds. The summed E-state index contributed by atoms with van der Waals surface area (Å²) in [6.45, 7) is 2.98. The molecule has 2 atom stereocenters. The van der Waals surface area contributed by atoms with Gasteiger partial charge in [-0.05, 0) is 61.1 Å². The first kappa shape index (κ1) is 27.7. The van der Waals surface area contributed by atoms with Gasteiger partial charge in [0.05, 0.1) is 18.8 Å². The third-order valence-electron chi connectivity index (χ3n) is 6.50. The summed E-state index contributed by atoms with van der Waals surface area (Å²) in [6, 6.07) is 11.8. The van der Waals surface area contributed by atoms with E-state index in [0.29, 0.717) is 12.2 Å². The van der Waals surface area contributed by atoms with Gasteiger partial charge in [-0.25, -0.2) is 9.55 Å². The van der Waals surface area contributed by atoms with Crippen LogP contribution >= 0.6 is 7.82 Å². The molecule has 1 aliphatic rings. The monoisotopic (exact) mass is 504 g/mol. The average molecular weight is 505 g/mol. The molecule has 0 radical (unpaired) electrons. The molecule has 0 aliphatic heterocycles. The highest BCUT2D eigenvalue weighted by atomic mass is 31.2. The predicted molar refractivity (Wildman–Crippen MR) is 141 cm³/mol. The lowest BCUT2D eigenvalue weighted by atomic mass is 10.1. The first-order valence-electron chi connectivity index (χ1n) is 13.1. The first-order chi connectivity index (χ1) is 16.9. The Bertz CT molecular complexity index is 935. The molecule has 1 fully saturated rings. The molecular formula is C27H41N2O5P. The molecule has 0 bridgehead atoms. The summed E-state index contributed by atoms with van der Waals surface area (Å²) in [5.74, 6) is 1.52. The Hall–Kier alpha value is -1.92. The Labute approximate surface area is 209 Å². The average Bonchev–Trinajstić information content (AvgIpc) is 3.25. The number of unbranched alkanes of at least 4 members (excludes halogenated alkanes) is 8. The van der Waals surface area contributed by atoms with Gasteiger partial charge in [-0.1, -0.05) is 70.4 Å². The van der Waals surface area contributed by atoms with Gasteiger partial charge in [0.1, 0.15) is 11.6 Å². The van der Waals surface area contributed by atoms with Crippen molar-refractivity contribution in [2.75, 3.05) is 11.9 Å². The number of hydrogen-bond acceptors (Lipinski definition) is 5. The van der Waals surface area contributed by atoms with Crippen molar-refractivity contribution in [2.24, 2.45) is 0 Å². The molecule has 1 heterocycles. The van der Waals surface area contributed by atoms with Crippen LogP contribution in [-0.2, 0) is 9.09 Å². The highest BCUT2D eigenvalue weighted by molar-refractivity contribution is 7.46. The van der Waals surface area contributed by atoms with E-state index in [1.807, 2.05) is 36.4 Å². The van der Waals surface area contributed by atoms with Crippen molar-refractivity contribution in [1.29, 1.82) is 0 Å². The number of phosphoric ester groups is 1. The molecule has 0 spiro atoms. The van der Waals surface area contributed by atoms with E-state index in [0.717, 1.165) is 42.7 Å². The molecule has 2 unspecified atom stereocenters. The summed E-state index contributed by atoms with van der Waals surface area (Å²) < 4.78 is 22.2. The molecule has 35 heavy (non-hydrogen) atoms. The van der Waals surface area contributed by atoms with E-state index in [1.165, 1.54) is 51.4 Å². The third kappa shape index (κ3) is 10.3. The van der Waals surface area contributed by atoms with Crippen LogP contribution in [0, 0.1) is 0 Å². The van der Waals surface area contributed by atoms with Crippen molar-refractivity contribution in [3.8, 4) is 16.9 Å². The highest BCUT2D eigenvalue weighted by Gasteiger charge is 2.33. The summed E-state index contributed by atoms with van der Waals surface area (Å²) in [4.78, 5) is 22.7. The zero-order valence-electron chi connectivity index (χ0n) is 20.9. The number of ether oxygens (including phenoxy) is 1. The first-order valence-corrected chi connectivity index (χ1v) is 14.7. The van der Waals surface area contributed by atoms with Gasteiger partial charge in [-0.2, -0.15) is 0 Å². The molecule has 3 N–H and O–H groups in total. The molecule has 2 aromatic rings. The number of rotatable bonds is 16. The van der Waals surface area contributed by atoms with Gasteiger partial charge in [0, 0.05) is 6.20 Å². The number of aromatic nitrogens is 1. The summed E-state index contributed by atoms with van der Waals surface area (Å²) >= 11 is 0. The fourth-order valence-electron chi connectivity index (χ4n) is 4.64. The van der Waals surface area contributed by atoms with E-state index in [-0.39, 0.29) is 6.04 Å². The zero-order valence-corrected chi connectivity index (χ0v) is 21.8. The molecule has 0 saturated heterocycles. The number of nitrogens with one attached hydrogen (secondary N) is 1. The summed E-state index contributed by atoms with van der Waals surface area (Å²) in [7, 11) is -4.52. The second kappa shape index (κ2) is 14.6. The van der Waals surface area contributed by atoms with E-state index < -0.39 is 13.9 Å². The van der Waals surface area contributed by atoms with Crippen molar-refractivity contribution in [2.45, 2.75) is 96.1 Å². The topological polar surface area (TPSA) is 101 Å². The van der Waals surface area contributed by atoms with Crippen LogP contribution in [0.3, 0.4) is 0 Å². The number of benzene rings is 1.